The van der Waals surface area contributed by atoms with E-state index in [2.05, 4.69) is 84.3 Å². The quantitative estimate of drug-likeness (QED) is 0.292. The fourth-order valence-electron chi connectivity index (χ4n) is 5.88. The summed E-state index contributed by atoms with van der Waals surface area (Å²) in [6, 6.07) is 17.9. The molecule has 4 heteroatoms. The maximum atomic E-state index is 6.25. The third-order valence-corrected chi connectivity index (χ3v) is 7.92. The second kappa shape index (κ2) is 12.9. The van der Waals surface area contributed by atoms with Crippen LogP contribution in [0.15, 0.2) is 60.7 Å². The largest absolute Gasteiger partial charge is 0.398 e. The van der Waals surface area contributed by atoms with Crippen molar-refractivity contribution in [3.05, 3.63) is 71.8 Å². The molecule has 2 aliphatic heterocycles. The second-order valence-electron chi connectivity index (χ2n) is 10.7. The molecule has 36 heavy (non-hydrogen) atoms. The smallest absolute Gasteiger partial charge is 0.0467 e. The number of benzene rings is 2. The molecule has 2 heterocycles. The average Bonchev–Trinajstić information content (AvgIpc) is 2.88. The highest BCUT2D eigenvalue weighted by Crippen LogP contribution is 2.33. The Morgan fingerprint density at radius 1 is 0.528 bits per heavy atom. The highest BCUT2D eigenvalue weighted by molar-refractivity contribution is 5.80. The maximum Gasteiger partial charge on any atom is 0.0467 e. The van der Waals surface area contributed by atoms with E-state index < -0.39 is 0 Å². The van der Waals surface area contributed by atoms with Crippen LogP contribution in [0.1, 0.15) is 89.2 Å². The topological polar surface area (TPSA) is 58.5 Å². The third kappa shape index (κ3) is 6.46. The normalized spacial score (nSPS) is 18.9. The monoisotopic (exact) mass is 486 g/mol. The minimum atomic E-state index is 0.377. The van der Waals surface area contributed by atoms with E-state index >= 15 is 0 Å². The summed E-state index contributed by atoms with van der Waals surface area (Å²) in [6.07, 6.45) is 17.7. The van der Waals surface area contributed by atoms with Crippen LogP contribution in [0.4, 0.5) is 11.4 Å². The van der Waals surface area contributed by atoms with Gasteiger partial charge in [-0.15, -0.1) is 0 Å². The van der Waals surface area contributed by atoms with Gasteiger partial charge in [-0.25, -0.2) is 0 Å². The number of anilines is 2. The van der Waals surface area contributed by atoms with Crippen LogP contribution in [0.25, 0.3) is 11.4 Å². The molecule has 2 aromatic carbocycles. The fourth-order valence-corrected chi connectivity index (χ4v) is 5.88. The van der Waals surface area contributed by atoms with E-state index in [4.69, 9.17) is 11.5 Å². The van der Waals surface area contributed by atoms with E-state index in [9.17, 15) is 0 Å². The average molecular weight is 487 g/mol. The molecular formula is C32H46N4. The van der Waals surface area contributed by atoms with E-state index in [-0.39, 0.29) is 0 Å². The van der Waals surface area contributed by atoms with Gasteiger partial charge in [-0.2, -0.15) is 0 Å². The number of nitrogens with zero attached hydrogens (tertiary/aromatic N) is 2. The number of hydrogen-bond acceptors (Lipinski definition) is 4. The number of para-hydroxylation sites is 2. The first kappa shape index (κ1) is 26.2. The lowest BCUT2D eigenvalue weighted by Gasteiger charge is -2.35. The van der Waals surface area contributed by atoms with Crippen molar-refractivity contribution in [3.63, 3.8) is 0 Å². The fraction of sp³-hybridized carbons (Fsp3) is 0.500. The Balaban J connectivity index is 1.03. The van der Waals surface area contributed by atoms with Gasteiger partial charge in [-0.1, -0.05) is 87.8 Å². The summed E-state index contributed by atoms with van der Waals surface area (Å²) in [7, 11) is 0. The van der Waals surface area contributed by atoms with Gasteiger partial charge in [0, 0.05) is 59.1 Å². The molecule has 4 N–H and O–H groups in total. The van der Waals surface area contributed by atoms with E-state index in [1.54, 1.807) is 0 Å². The number of nitrogens with two attached hydrogens (primary N) is 2. The van der Waals surface area contributed by atoms with Crippen molar-refractivity contribution in [2.45, 2.75) is 90.1 Å². The molecule has 0 aliphatic carbocycles. The number of unbranched alkanes of at least 4 members (excludes halogenated alkanes) is 9. The number of hydrogen-bond donors (Lipinski definition) is 2. The Bertz CT molecular complexity index is 956. The molecule has 2 atom stereocenters. The molecule has 2 aliphatic rings. The molecule has 194 valence electrons. The zero-order valence-electron chi connectivity index (χ0n) is 22.5. The van der Waals surface area contributed by atoms with Gasteiger partial charge in [0.25, 0.3) is 0 Å². The lowest BCUT2D eigenvalue weighted by molar-refractivity contribution is 0.543. The standard InChI is InChI=1S/C32H46N4/c1-25-23-29(33)27-17-11-13-19-31(27)35(25)21-15-9-7-5-3-4-6-8-10-16-22-36-26(2)24-30(34)28-18-12-14-20-32(28)36/h11-14,17-20,23-26H,3-10,15-16,21-22,33-34H2,1-2H3. The summed E-state index contributed by atoms with van der Waals surface area (Å²) in [5.74, 6) is 0. The summed E-state index contributed by atoms with van der Waals surface area (Å²) < 4.78 is 0. The van der Waals surface area contributed by atoms with Crippen molar-refractivity contribution < 1.29 is 0 Å². The van der Waals surface area contributed by atoms with Gasteiger partial charge in [-0.05, 0) is 51.0 Å². The third-order valence-electron chi connectivity index (χ3n) is 7.92. The van der Waals surface area contributed by atoms with Gasteiger partial charge in [0.2, 0.25) is 0 Å². The lowest BCUT2D eigenvalue weighted by atomic mass is 10.00. The maximum absolute atomic E-state index is 6.25. The molecule has 0 spiro atoms. The van der Waals surface area contributed by atoms with Crippen molar-refractivity contribution >= 4 is 22.8 Å². The number of fused-ring (bicyclic) bond motifs is 2. The van der Waals surface area contributed by atoms with Crippen LogP contribution in [0.2, 0.25) is 0 Å². The predicted molar refractivity (Wildman–Crippen MR) is 157 cm³/mol. The zero-order chi connectivity index (χ0) is 25.3. The van der Waals surface area contributed by atoms with E-state index in [0.29, 0.717) is 12.1 Å². The zero-order valence-corrected chi connectivity index (χ0v) is 22.5. The van der Waals surface area contributed by atoms with Crippen molar-refractivity contribution in [2.75, 3.05) is 22.9 Å². The molecule has 0 saturated heterocycles. The van der Waals surface area contributed by atoms with E-state index in [1.165, 1.54) is 86.7 Å². The second-order valence-corrected chi connectivity index (χ2v) is 10.7. The van der Waals surface area contributed by atoms with Crippen molar-refractivity contribution in [1.29, 1.82) is 0 Å². The van der Waals surface area contributed by atoms with Crippen LogP contribution in [-0.4, -0.2) is 25.2 Å². The molecule has 0 radical (unpaired) electrons. The van der Waals surface area contributed by atoms with Gasteiger partial charge in [0.15, 0.2) is 0 Å². The molecule has 4 rings (SSSR count). The summed E-state index contributed by atoms with van der Waals surface area (Å²) in [4.78, 5) is 5.03. The molecule has 0 amide bonds. The van der Waals surface area contributed by atoms with Gasteiger partial charge in [-0.3, -0.25) is 0 Å². The predicted octanol–water partition coefficient (Wildman–Crippen LogP) is 7.30. The molecule has 4 nitrogen and oxygen atoms in total. The van der Waals surface area contributed by atoms with Crippen LogP contribution in [0.5, 0.6) is 0 Å². The first-order chi connectivity index (χ1) is 17.6. The van der Waals surface area contributed by atoms with Crippen molar-refractivity contribution in [1.82, 2.24) is 0 Å². The molecule has 0 fully saturated rings. The molecule has 2 unspecified atom stereocenters. The van der Waals surface area contributed by atoms with Crippen LogP contribution in [0, 0.1) is 0 Å². The minimum absolute atomic E-state index is 0.377. The minimum Gasteiger partial charge on any atom is -0.398 e. The SMILES string of the molecule is CC1C=C(N)c2ccccc2N1CCCCCCCCCCCCN1c2ccccc2C(N)=CC1C. The van der Waals surface area contributed by atoms with Gasteiger partial charge in [0.05, 0.1) is 0 Å². The highest BCUT2D eigenvalue weighted by Gasteiger charge is 2.22. The summed E-state index contributed by atoms with van der Waals surface area (Å²) in [5, 5.41) is 0. The lowest BCUT2D eigenvalue weighted by Crippen LogP contribution is -2.36. The Morgan fingerprint density at radius 2 is 0.861 bits per heavy atom. The van der Waals surface area contributed by atoms with E-state index in [1.807, 2.05) is 0 Å². The Kier molecular flexibility index (Phi) is 9.38. The van der Waals surface area contributed by atoms with Crippen LogP contribution >= 0.6 is 0 Å². The van der Waals surface area contributed by atoms with Crippen molar-refractivity contribution in [3.8, 4) is 0 Å². The molecule has 0 bridgehead atoms. The Morgan fingerprint density at radius 3 is 1.25 bits per heavy atom. The first-order valence-corrected chi connectivity index (χ1v) is 14.2. The highest BCUT2D eigenvalue weighted by atomic mass is 15.2. The van der Waals surface area contributed by atoms with Crippen molar-refractivity contribution in [2.24, 2.45) is 11.5 Å². The Hall–Kier alpha value is -2.88. The van der Waals surface area contributed by atoms with Gasteiger partial charge in [0.1, 0.15) is 0 Å². The molecule has 0 aromatic heterocycles. The summed E-state index contributed by atoms with van der Waals surface area (Å²) >= 11 is 0. The van der Waals surface area contributed by atoms with Gasteiger partial charge >= 0.3 is 0 Å². The Labute approximate surface area is 219 Å². The first-order valence-electron chi connectivity index (χ1n) is 14.2. The summed E-state index contributed by atoms with van der Waals surface area (Å²) in [6.45, 7) is 6.73. The van der Waals surface area contributed by atoms with E-state index in [0.717, 1.165) is 24.5 Å². The number of rotatable bonds is 13. The molecule has 0 saturated carbocycles. The summed E-state index contributed by atoms with van der Waals surface area (Å²) in [5.41, 5.74) is 19.3. The van der Waals surface area contributed by atoms with Gasteiger partial charge < -0.3 is 21.3 Å². The molecule has 2 aromatic rings. The van der Waals surface area contributed by atoms with Crippen LogP contribution in [0.3, 0.4) is 0 Å². The molecular weight excluding hydrogens is 440 g/mol. The van der Waals surface area contributed by atoms with Crippen LogP contribution in [-0.2, 0) is 0 Å². The van der Waals surface area contributed by atoms with Crippen LogP contribution < -0.4 is 21.3 Å².